The number of hydrogen-bond acceptors (Lipinski definition) is 3. The van der Waals surface area contributed by atoms with E-state index in [9.17, 15) is 4.79 Å². The molecule has 1 aliphatic rings. The molecule has 0 aromatic carbocycles. The van der Waals surface area contributed by atoms with Gasteiger partial charge in [-0.15, -0.1) is 0 Å². The molecule has 0 aliphatic carbocycles. The highest BCUT2D eigenvalue weighted by Gasteiger charge is 2.09. The summed E-state index contributed by atoms with van der Waals surface area (Å²) in [5, 5.41) is 0. The molecule has 0 unspecified atom stereocenters. The summed E-state index contributed by atoms with van der Waals surface area (Å²) in [5.74, 6) is -0.181. The lowest BCUT2D eigenvalue weighted by molar-refractivity contribution is -0.135. The van der Waals surface area contributed by atoms with Crippen molar-refractivity contribution in [3.05, 3.63) is 11.6 Å². The van der Waals surface area contributed by atoms with E-state index in [0.717, 1.165) is 5.57 Å². The van der Waals surface area contributed by atoms with Gasteiger partial charge >= 0.3 is 5.97 Å². The van der Waals surface area contributed by atoms with E-state index < -0.39 is 0 Å². The Balaban J connectivity index is 0.000000291. The summed E-state index contributed by atoms with van der Waals surface area (Å²) < 4.78 is 4.53. The molecule has 1 heterocycles. The molecule has 0 saturated carbocycles. The number of carbonyl (C=O) groups excluding carboxylic acids is 2. The van der Waals surface area contributed by atoms with Crippen molar-refractivity contribution in [2.75, 3.05) is 6.61 Å². The monoisotopic (exact) mass is 128 g/mol. The molecule has 50 valence electrons. The average Bonchev–Trinajstić information content (AvgIpc) is 2.23. The Hall–Kier alpha value is -1.12. The van der Waals surface area contributed by atoms with E-state index >= 15 is 0 Å². The van der Waals surface area contributed by atoms with Crippen LogP contribution in [0.1, 0.15) is 6.92 Å². The molecule has 0 spiro atoms. The second kappa shape index (κ2) is 3.83. The lowest BCUT2D eigenvalue weighted by atomic mass is 10.3. The van der Waals surface area contributed by atoms with Crippen LogP contribution in [0.5, 0.6) is 0 Å². The van der Waals surface area contributed by atoms with Crippen molar-refractivity contribution in [3.8, 4) is 0 Å². The van der Waals surface area contributed by atoms with Crippen LogP contribution in [0.2, 0.25) is 0 Å². The van der Waals surface area contributed by atoms with Crippen LogP contribution >= 0.6 is 0 Å². The van der Waals surface area contributed by atoms with Crippen LogP contribution in [0.4, 0.5) is 0 Å². The van der Waals surface area contributed by atoms with Crippen molar-refractivity contribution in [1.29, 1.82) is 0 Å². The standard InChI is InChI=1S/C5H6O2.CH2O/c1-4-2-3-7-5(4)6;1-2/h2H,3H2,1H3;1H2. The molecule has 0 bridgehead atoms. The predicted molar refractivity (Wildman–Crippen MR) is 31.8 cm³/mol. The van der Waals surface area contributed by atoms with Crippen molar-refractivity contribution in [2.24, 2.45) is 0 Å². The van der Waals surface area contributed by atoms with E-state index in [1.807, 2.05) is 6.79 Å². The predicted octanol–water partition coefficient (Wildman–Crippen LogP) is 0.305. The Morgan fingerprint density at radius 2 is 2.22 bits per heavy atom. The van der Waals surface area contributed by atoms with Gasteiger partial charge in [-0.1, -0.05) is 0 Å². The molecular weight excluding hydrogens is 120 g/mol. The molecule has 9 heavy (non-hydrogen) atoms. The lowest BCUT2D eigenvalue weighted by Gasteiger charge is -1.85. The normalized spacial score (nSPS) is 15.2. The number of carbonyl (C=O) groups is 2. The van der Waals surface area contributed by atoms with Gasteiger partial charge in [0.15, 0.2) is 0 Å². The Bertz CT molecular complexity index is 137. The van der Waals surface area contributed by atoms with Crippen molar-refractivity contribution < 1.29 is 14.3 Å². The first-order valence-electron chi connectivity index (χ1n) is 2.43. The molecule has 0 aromatic heterocycles. The van der Waals surface area contributed by atoms with Gasteiger partial charge in [0.2, 0.25) is 0 Å². The zero-order valence-corrected chi connectivity index (χ0v) is 5.22. The van der Waals surface area contributed by atoms with Gasteiger partial charge in [-0.2, -0.15) is 0 Å². The Kier molecular flexibility index (Phi) is 3.35. The topological polar surface area (TPSA) is 43.4 Å². The maximum Gasteiger partial charge on any atom is 0.333 e. The molecule has 3 heteroatoms. The van der Waals surface area contributed by atoms with Crippen LogP contribution in [0.25, 0.3) is 0 Å². The maximum atomic E-state index is 10.3. The van der Waals surface area contributed by atoms with E-state index in [0.29, 0.717) is 6.61 Å². The van der Waals surface area contributed by atoms with Crippen LogP contribution in [-0.4, -0.2) is 19.4 Å². The van der Waals surface area contributed by atoms with Gasteiger partial charge in [0.1, 0.15) is 13.4 Å². The summed E-state index contributed by atoms with van der Waals surface area (Å²) >= 11 is 0. The third-order valence-corrected chi connectivity index (χ3v) is 0.926. The first-order chi connectivity index (χ1) is 4.30. The van der Waals surface area contributed by atoms with Crippen molar-refractivity contribution >= 4 is 12.8 Å². The van der Waals surface area contributed by atoms with Gasteiger partial charge in [-0.3, -0.25) is 0 Å². The highest BCUT2D eigenvalue weighted by Crippen LogP contribution is 2.02. The van der Waals surface area contributed by atoms with E-state index in [2.05, 4.69) is 4.74 Å². The van der Waals surface area contributed by atoms with Gasteiger partial charge in [-0.25, -0.2) is 4.79 Å². The quantitative estimate of drug-likeness (QED) is 0.441. The molecule has 0 aromatic rings. The second-order valence-electron chi connectivity index (χ2n) is 1.49. The van der Waals surface area contributed by atoms with Gasteiger partial charge < -0.3 is 9.53 Å². The number of esters is 1. The third-order valence-electron chi connectivity index (χ3n) is 0.926. The summed E-state index contributed by atoms with van der Waals surface area (Å²) in [6, 6.07) is 0. The van der Waals surface area contributed by atoms with Crippen LogP contribution in [-0.2, 0) is 14.3 Å². The van der Waals surface area contributed by atoms with Crippen LogP contribution in [0.3, 0.4) is 0 Å². The Labute approximate surface area is 53.3 Å². The summed E-state index contributed by atoms with van der Waals surface area (Å²) in [4.78, 5) is 18.3. The molecule has 1 aliphatic heterocycles. The first kappa shape index (κ1) is 7.88. The number of cyclic esters (lactones) is 1. The fourth-order valence-corrected chi connectivity index (χ4v) is 0.440. The van der Waals surface area contributed by atoms with Gasteiger partial charge in [0.05, 0.1) is 0 Å². The molecule has 0 fully saturated rings. The fourth-order valence-electron chi connectivity index (χ4n) is 0.440. The number of ether oxygens (including phenoxy) is 1. The molecule has 0 N–H and O–H groups in total. The molecular formula is C6H8O3. The fraction of sp³-hybridized carbons (Fsp3) is 0.333. The molecule has 1 rings (SSSR count). The minimum Gasteiger partial charge on any atom is -0.458 e. The lowest BCUT2D eigenvalue weighted by Crippen LogP contribution is -1.94. The number of hydrogen-bond donors (Lipinski definition) is 0. The summed E-state index contributed by atoms with van der Waals surface area (Å²) in [7, 11) is 0. The Morgan fingerprint density at radius 3 is 2.33 bits per heavy atom. The summed E-state index contributed by atoms with van der Waals surface area (Å²) in [5.41, 5.74) is 0.722. The van der Waals surface area contributed by atoms with E-state index in [4.69, 9.17) is 4.79 Å². The smallest absolute Gasteiger partial charge is 0.333 e. The van der Waals surface area contributed by atoms with Gasteiger partial charge in [0.25, 0.3) is 0 Å². The Morgan fingerprint density at radius 1 is 1.67 bits per heavy atom. The first-order valence-corrected chi connectivity index (χ1v) is 2.43. The molecule has 3 nitrogen and oxygen atoms in total. The van der Waals surface area contributed by atoms with Crippen molar-refractivity contribution in [2.45, 2.75) is 6.92 Å². The van der Waals surface area contributed by atoms with E-state index in [1.54, 1.807) is 13.0 Å². The van der Waals surface area contributed by atoms with E-state index in [-0.39, 0.29) is 5.97 Å². The molecule has 0 radical (unpaired) electrons. The third kappa shape index (κ3) is 2.08. The van der Waals surface area contributed by atoms with E-state index in [1.165, 1.54) is 0 Å². The van der Waals surface area contributed by atoms with Crippen LogP contribution in [0.15, 0.2) is 11.6 Å². The largest absolute Gasteiger partial charge is 0.458 e. The average molecular weight is 128 g/mol. The maximum absolute atomic E-state index is 10.3. The summed E-state index contributed by atoms with van der Waals surface area (Å²) in [6.07, 6.45) is 1.77. The van der Waals surface area contributed by atoms with Crippen molar-refractivity contribution in [1.82, 2.24) is 0 Å². The van der Waals surface area contributed by atoms with Gasteiger partial charge in [0, 0.05) is 5.57 Å². The highest BCUT2D eigenvalue weighted by atomic mass is 16.5. The van der Waals surface area contributed by atoms with Crippen LogP contribution < -0.4 is 0 Å². The zero-order valence-electron chi connectivity index (χ0n) is 5.22. The highest BCUT2D eigenvalue weighted by molar-refractivity contribution is 5.89. The molecule has 0 saturated heterocycles. The van der Waals surface area contributed by atoms with Crippen LogP contribution in [0, 0.1) is 0 Å². The van der Waals surface area contributed by atoms with Crippen molar-refractivity contribution in [3.63, 3.8) is 0 Å². The minimum absolute atomic E-state index is 0.181. The van der Waals surface area contributed by atoms with Gasteiger partial charge in [-0.05, 0) is 13.0 Å². The number of rotatable bonds is 0. The summed E-state index contributed by atoms with van der Waals surface area (Å²) in [6.45, 7) is 4.21. The molecule has 0 atom stereocenters. The second-order valence-corrected chi connectivity index (χ2v) is 1.49. The molecule has 0 amide bonds. The minimum atomic E-state index is -0.181. The SMILES string of the molecule is C=O.CC1=CCOC1=O. The zero-order chi connectivity index (χ0) is 7.28.